The van der Waals surface area contributed by atoms with Crippen molar-refractivity contribution in [1.29, 1.82) is 0 Å². The summed E-state index contributed by atoms with van der Waals surface area (Å²) in [4.78, 5) is 33.8. The Bertz CT molecular complexity index is 778. The van der Waals surface area contributed by atoms with Crippen molar-refractivity contribution in [2.45, 2.75) is 39.3 Å². The van der Waals surface area contributed by atoms with Crippen molar-refractivity contribution in [2.75, 3.05) is 6.61 Å². The molecule has 1 aromatic rings. The molecule has 6 nitrogen and oxygen atoms in total. The van der Waals surface area contributed by atoms with Crippen LogP contribution in [0.1, 0.15) is 58.2 Å². The molecular formula is C16H18F3NO5S. The van der Waals surface area contributed by atoms with E-state index in [1.165, 1.54) is 11.3 Å². The third kappa shape index (κ3) is 4.43. The predicted molar refractivity (Wildman–Crippen MR) is 89.2 cm³/mol. The maximum absolute atomic E-state index is 12.1. The number of primary amides is 1. The van der Waals surface area contributed by atoms with Crippen molar-refractivity contribution in [3.63, 3.8) is 0 Å². The fourth-order valence-corrected chi connectivity index (χ4v) is 3.79. The minimum absolute atomic E-state index is 0.182. The summed E-state index contributed by atoms with van der Waals surface area (Å²) >= 11 is 1.29. The quantitative estimate of drug-likeness (QED) is 0.766. The molecule has 0 saturated heterocycles. The number of fused-ring (bicyclic) bond motifs is 1. The maximum Gasteiger partial charge on any atom is 0.490 e. The number of hydrogen-bond acceptors (Lipinski definition) is 5. The number of rotatable bonds is 3. The fourth-order valence-electron chi connectivity index (χ4n) is 2.51. The van der Waals surface area contributed by atoms with E-state index in [-0.39, 0.29) is 12.0 Å². The molecule has 2 rings (SSSR count). The number of thiophene rings is 1. The van der Waals surface area contributed by atoms with Crippen LogP contribution in [0, 0.1) is 0 Å². The largest absolute Gasteiger partial charge is 0.490 e. The van der Waals surface area contributed by atoms with Crippen molar-refractivity contribution in [3.05, 3.63) is 27.0 Å². The summed E-state index contributed by atoms with van der Waals surface area (Å²) < 4.78 is 36.8. The van der Waals surface area contributed by atoms with Gasteiger partial charge in [0.25, 0.3) is 5.91 Å². The lowest BCUT2D eigenvalue weighted by Crippen LogP contribution is -2.21. The number of carboxylic acid groups (broad SMARTS) is 1. The van der Waals surface area contributed by atoms with E-state index in [0.717, 1.165) is 16.0 Å². The van der Waals surface area contributed by atoms with E-state index in [0.29, 0.717) is 10.4 Å². The Morgan fingerprint density at radius 1 is 1.31 bits per heavy atom. The molecule has 26 heavy (non-hydrogen) atoms. The Hall–Kier alpha value is -2.36. The molecule has 144 valence electrons. The van der Waals surface area contributed by atoms with Crippen LogP contribution >= 0.6 is 11.3 Å². The number of carboxylic acids is 1. The van der Waals surface area contributed by atoms with Crippen LogP contribution in [0.2, 0.25) is 0 Å². The first kappa shape index (κ1) is 21.7. The summed E-state index contributed by atoms with van der Waals surface area (Å²) in [5.41, 5.74) is 7.35. The molecule has 3 N–H and O–H groups in total. The van der Waals surface area contributed by atoms with Gasteiger partial charge in [0, 0.05) is 15.9 Å². The highest BCUT2D eigenvalue weighted by atomic mass is 32.1. The van der Waals surface area contributed by atoms with Gasteiger partial charge >= 0.3 is 18.1 Å². The second-order valence-corrected chi connectivity index (χ2v) is 6.97. The topological polar surface area (TPSA) is 107 Å². The third-order valence-electron chi connectivity index (χ3n) is 3.41. The van der Waals surface area contributed by atoms with Gasteiger partial charge in [0.05, 0.1) is 12.2 Å². The van der Waals surface area contributed by atoms with E-state index >= 15 is 0 Å². The van der Waals surface area contributed by atoms with Gasteiger partial charge in [-0.15, -0.1) is 11.3 Å². The summed E-state index contributed by atoms with van der Waals surface area (Å²) in [7, 11) is 0. The van der Waals surface area contributed by atoms with Crippen molar-refractivity contribution in [1.82, 2.24) is 0 Å². The van der Waals surface area contributed by atoms with Gasteiger partial charge in [-0.25, -0.2) is 9.59 Å². The van der Waals surface area contributed by atoms with Crippen LogP contribution in [0.4, 0.5) is 13.2 Å². The molecule has 0 atom stereocenters. The Morgan fingerprint density at radius 3 is 2.19 bits per heavy atom. The molecule has 0 spiro atoms. The van der Waals surface area contributed by atoms with Gasteiger partial charge in [0.1, 0.15) is 4.88 Å². The number of hydrogen-bond donors (Lipinski definition) is 2. The monoisotopic (exact) mass is 393 g/mol. The van der Waals surface area contributed by atoms with Gasteiger partial charge in [0.2, 0.25) is 0 Å². The minimum Gasteiger partial charge on any atom is -0.475 e. The number of carbonyl (C=O) groups is 3. The van der Waals surface area contributed by atoms with E-state index in [4.69, 9.17) is 20.4 Å². The smallest absolute Gasteiger partial charge is 0.475 e. The molecule has 1 aliphatic carbocycles. The third-order valence-corrected chi connectivity index (χ3v) is 4.95. The normalized spacial score (nSPS) is 14.7. The fraction of sp³-hybridized carbons (Fsp3) is 0.438. The second kappa shape index (κ2) is 7.48. The molecule has 0 aromatic carbocycles. The van der Waals surface area contributed by atoms with Crippen LogP contribution in [-0.4, -0.2) is 35.7 Å². The number of alkyl halides is 3. The predicted octanol–water partition coefficient (Wildman–Crippen LogP) is 3.35. The molecule has 1 heterocycles. The molecule has 0 saturated carbocycles. The molecule has 1 aromatic heterocycles. The Morgan fingerprint density at radius 2 is 1.81 bits per heavy atom. The van der Waals surface area contributed by atoms with Crippen LogP contribution < -0.4 is 5.73 Å². The number of nitrogens with two attached hydrogens (primary N) is 1. The van der Waals surface area contributed by atoms with Crippen LogP contribution in [0.15, 0.2) is 6.08 Å². The zero-order valence-corrected chi connectivity index (χ0v) is 15.3. The van der Waals surface area contributed by atoms with Crippen molar-refractivity contribution >= 4 is 34.8 Å². The molecule has 0 aliphatic heterocycles. The average Bonchev–Trinajstić information content (AvgIpc) is 2.96. The number of amides is 1. The zero-order valence-electron chi connectivity index (χ0n) is 14.5. The number of carbonyl (C=O) groups excluding carboxylic acids is 2. The molecule has 0 bridgehead atoms. The second-order valence-electron chi connectivity index (χ2n) is 5.95. The zero-order chi connectivity index (χ0) is 20.4. The summed E-state index contributed by atoms with van der Waals surface area (Å²) in [5, 5.41) is 7.12. The molecular weight excluding hydrogens is 375 g/mol. The molecule has 1 aliphatic rings. The molecule has 0 unspecified atom stereocenters. The average molecular weight is 393 g/mol. The maximum atomic E-state index is 12.1. The summed E-state index contributed by atoms with van der Waals surface area (Å²) in [6.07, 6.45) is -2.98. The van der Waals surface area contributed by atoms with E-state index in [2.05, 4.69) is 19.9 Å². The van der Waals surface area contributed by atoms with Crippen LogP contribution in [0.3, 0.4) is 0 Å². The van der Waals surface area contributed by atoms with Crippen LogP contribution in [-0.2, 0) is 14.9 Å². The Balaban J connectivity index is 0.000000412. The van der Waals surface area contributed by atoms with Crippen molar-refractivity contribution in [3.8, 4) is 0 Å². The Labute approximate surface area is 151 Å². The lowest BCUT2D eigenvalue weighted by Gasteiger charge is -2.13. The number of halogens is 3. The van der Waals surface area contributed by atoms with Crippen LogP contribution in [0.5, 0.6) is 0 Å². The molecule has 1 amide bonds. The molecule has 0 fully saturated rings. The van der Waals surface area contributed by atoms with Crippen molar-refractivity contribution < 1.29 is 37.4 Å². The van der Waals surface area contributed by atoms with Gasteiger partial charge in [-0.3, -0.25) is 4.79 Å². The highest BCUT2D eigenvalue weighted by Crippen LogP contribution is 2.47. The number of esters is 1. The standard InChI is InChI=1S/C14H17NO3S.C2HF3O2/c1-5-18-13(17)9-8-7(2)6-14(3,4)11(8)19-10(9)12(15)16;3-2(4,5)1(6)7/h6H,5H2,1-4H3,(H2,15,16);(H,6,7). The van der Waals surface area contributed by atoms with E-state index in [1.807, 2.05) is 6.92 Å². The summed E-state index contributed by atoms with van der Waals surface area (Å²) in [5.74, 6) is -3.81. The van der Waals surface area contributed by atoms with Crippen LogP contribution in [0.25, 0.3) is 5.57 Å². The highest BCUT2D eigenvalue weighted by Gasteiger charge is 2.38. The summed E-state index contributed by atoms with van der Waals surface area (Å²) in [6, 6.07) is 0. The number of aliphatic carboxylic acids is 1. The van der Waals surface area contributed by atoms with Gasteiger partial charge in [-0.1, -0.05) is 19.9 Å². The van der Waals surface area contributed by atoms with Gasteiger partial charge in [0.15, 0.2) is 0 Å². The Kier molecular flexibility index (Phi) is 6.24. The van der Waals surface area contributed by atoms with Gasteiger partial charge in [-0.05, 0) is 19.4 Å². The molecule has 10 heteroatoms. The van der Waals surface area contributed by atoms with E-state index in [1.54, 1.807) is 6.92 Å². The van der Waals surface area contributed by atoms with Gasteiger partial charge < -0.3 is 15.6 Å². The SMILES string of the molecule is CCOC(=O)c1c(C(N)=O)sc2c1C(C)=CC2(C)C.O=C(O)C(F)(F)F. The lowest BCUT2D eigenvalue weighted by atomic mass is 9.94. The number of ether oxygens (including phenoxy) is 1. The first-order chi connectivity index (χ1) is 11.7. The molecule has 0 radical (unpaired) electrons. The van der Waals surface area contributed by atoms with E-state index < -0.39 is 24.0 Å². The first-order valence-electron chi connectivity index (χ1n) is 7.38. The summed E-state index contributed by atoms with van der Waals surface area (Å²) in [6.45, 7) is 8.06. The van der Waals surface area contributed by atoms with Gasteiger partial charge in [-0.2, -0.15) is 13.2 Å². The van der Waals surface area contributed by atoms with Crippen molar-refractivity contribution in [2.24, 2.45) is 5.73 Å². The lowest BCUT2D eigenvalue weighted by molar-refractivity contribution is -0.192. The first-order valence-corrected chi connectivity index (χ1v) is 8.19. The highest BCUT2D eigenvalue weighted by molar-refractivity contribution is 7.15. The number of allylic oxidation sites excluding steroid dienone is 2. The minimum atomic E-state index is -5.08. The van der Waals surface area contributed by atoms with E-state index in [9.17, 15) is 22.8 Å².